The van der Waals surface area contributed by atoms with E-state index in [-0.39, 0.29) is 11.5 Å². The molecule has 1 unspecified atom stereocenters. The van der Waals surface area contributed by atoms with Crippen LogP contribution in [0.3, 0.4) is 0 Å². The summed E-state index contributed by atoms with van der Waals surface area (Å²) in [5.41, 5.74) is 2.89. The Hall–Kier alpha value is -1.08. The molecule has 0 amide bonds. The van der Waals surface area contributed by atoms with Crippen molar-refractivity contribution in [2.75, 3.05) is 6.54 Å². The molecular formula is C16H25N. The van der Waals surface area contributed by atoms with Crippen LogP contribution >= 0.6 is 0 Å². The van der Waals surface area contributed by atoms with Crippen molar-refractivity contribution in [1.29, 1.82) is 0 Å². The average Bonchev–Trinajstić information content (AvgIpc) is 2.29. The Balaban J connectivity index is 2.81. The van der Waals surface area contributed by atoms with Gasteiger partial charge in [0, 0.05) is 0 Å². The molecule has 0 aliphatic carbocycles. The monoisotopic (exact) mass is 231 g/mol. The number of hydrogen-bond acceptors (Lipinski definition) is 1. The van der Waals surface area contributed by atoms with Crippen LogP contribution in [0.4, 0.5) is 0 Å². The highest BCUT2D eigenvalue weighted by Gasteiger charge is 2.14. The van der Waals surface area contributed by atoms with Gasteiger partial charge in [0.15, 0.2) is 0 Å². The third-order valence-electron chi connectivity index (χ3n) is 2.99. The molecule has 1 atom stereocenters. The van der Waals surface area contributed by atoms with Gasteiger partial charge < -0.3 is 5.32 Å². The summed E-state index contributed by atoms with van der Waals surface area (Å²) in [5, 5.41) is 3.48. The minimum Gasteiger partial charge on any atom is -0.307 e. The smallest absolute Gasteiger partial charge is 0.0503 e. The fourth-order valence-electron chi connectivity index (χ4n) is 1.83. The van der Waals surface area contributed by atoms with Gasteiger partial charge in [-0.05, 0) is 29.5 Å². The van der Waals surface area contributed by atoms with Crippen LogP contribution in [0.5, 0.6) is 0 Å². The Bertz CT molecular complexity index is 343. The summed E-state index contributed by atoms with van der Waals surface area (Å²) in [6.45, 7) is 13.8. The quantitative estimate of drug-likeness (QED) is 0.748. The topological polar surface area (TPSA) is 12.0 Å². The first kappa shape index (κ1) is 14.0. The molecule has 1 aromatic rings. The minimum atomic E-state index is 0.221. The SMILES string of the molecule is C=CC(NCCC)c1ccc(C(C)(C)C)cc1. The predicted molar refractivity (Wildman–Crippen MR) is 76.4 cm³/mol. The summed E-state index contributed by atoms with van der Waals surface area (Å²) in [7, 11) is 0. The van der Waals surface area contributed by atoms with E-state index in [1.165, 1.54) is 11.1 Å². The van der Waals surface area contributed by atoms with E-state index in [4.69, 9.17) is 0 Å². The highest BCUT2D eigenvalue weighted by molar-refractivity contribution is 5.30. The summed E-state index contributed by atoms with van der Waals surface area (Å²) >= 11 is 0. The predicted octanol–water partition coefficient (Wildman–Crippen LogP) is 4.21. The zero-order chi connectivity index (χ0) is 12.9. The van der Waals surface area contributed by atoms with Crippen LogP contribution < -0.4 is 5.32 Å². The second kappa shape index (κ2) is 6.02. The van der Waals surface area contributed by atoms with Crippen molar-refractivity contribution in [1.82, 2.24) is 5.32 Å². The van der Waals surface area contributed by atoms with E-state index in [0.717, 1.165) is 13.0 Å². The molecule has 0 fully saturated rings. The first-order chi connectivity index (χ1) is 7.99. The van der Waals surface area contributed by atoms with Crippen LogP contribution in [0, 0.1) is 0 Å². The third kappa shape index (κ3) is 4.01. The van der Waals surface area contributed by atoms with Crippen molar-refractivity contribution < 1.29 is 0 Å². The normalized spacial score (nSPS) is 13.4. The molecule has 0 heterocycles. The first-order valence-electron chi connectivity index (χ1n) is 6.45. The molecule has 1 rings (SSSR count). The zero-order valence-electron chi connectivity index (χ0n) is 11.6. The molecule has 0 saturated heterocycles. The molecule has 1 nitrogen and oxygen atoms in total. The highest BCUT2D eigenvalue weighted by atomic mass is 14.9. The Morgan fingerprint density at radius 2 is 1.82 bits per heavy atom. The molecule has 0 bridgehead atoms. The Kier molecular flexibility index (Phi) is 4.95. The molecule has 0 spiro atoms. The summed E-state index contributed by atoms with van der Waals surface area (Å²) in [6.07, 6.45) is 3.12. The summed E-state index contributed by atoms with van der Waals surface area (Å²) < 4.78 is 0. The second-order valence-corrected chi connectivity index (χ2v) is 5.54. The maximum Gasteiger partial charge on any atom is 0.0503 e. The Labute approximate surface area is 106 Å². The molecule has 1 aromatic carbocycles. The lowest BCUT2D eigenvalue weighted by Gasteiger charge is -2.21. The highest BCUT2D eigenvalue weighted by Crippen LogP contribution is 2.24. The van der Waals surface area contributed by atoms with Crippen molar-refractivity contribution in [3.8, 4) is 0 Å². The largest absolute Gasteiger partial charge is 0.307 e. The van der Waals surface area contributed by atoms with Crippen molar-refractivity contribution in [2.24, 2.45) is 0 Å². The number of rotatable bonds is 5. The number of hydrogen-bond donors (Lipinski definition) is 1. The van der Waals surface area contributed by atoms with E-state index < -0.39 is 0 Å². The van der Waals surface area contributed by atoms with Crippen LogP contribution in [0.2, 0.25) is 0 Å². The minimum absolute atomic E-state index is 0.221. The lowest BCUT2D eigenvalue weighted by atomic mass is 9.86. The van der Waals surface area contributed by atoms with Crippen molar-refractivity contribution in [3.05, 3.63) is 48.0 Å². The van der Waals surface area contributed by atoms with Gasteiger partial charge in [-0.15, -0.1) is 6.58 Å². The maximum atomic E-state index is 3.90. The molecule has 0 aliphatic rings. The molecule has 17 heavy (non-hydrogen) atoms. The number of benzene rings is 1. The van der Waals surface area contributed by atoms with E-state index in [1.807, 2.05) is 6.08 Å². The van der Waals surface area contributed by atoms with Gasteiger partial charge in [0.05, 0.1) is 6.04 Å². The van der Waals surface area contributed by atoms with Crippen LogP contribution in [0.15, 0.2) is 36.9 Å². The molecule has 0 aliphatic heterocycles. The summed E-state index contributed by atoms with van der Waals surface area (Å²) in [6, 6.07) is 9.12. The van der Waals surface area contributed by atoms with Gasteiger partial charge in [-0.3, -0.25) is 0 Å². The molecule has 0 aromatic heterocycles. The molecule has 0 saturated carbocycles. The lowest BCUT2D eigenvalue weighted by Crippen LogP contribution is -2.20. The van der Waals surface area contributed by atoms with E-state index in [2.05, 4.69) is 63.9 Å². The number of nitrogens with one attached hydrogen (secondary N) is 1. The van der Waals surface area contributed by atoms with Gasteiger partial charge in [-0.25, -0.2) is 0 Å². The van der Waals surface area contributed by atoms with Crippen molar-refractivity contribution in [3.63, 3.8) is 0 Å². The zero-order valence-corrected chi connectivity index (χ0v) is 11.6. The van der Waals surface area contributed by atoms with Gasteiger partial charge in [0.25, 0.3) is 0 Å². The summed E-state index contributed by atoms with van der Waals surface area (Å²) in [5.74, 6) is 0. The van der Waals surface area contributed by atoms with E-state index >= 15 is 0 Å². The van der Waals surface area contributed by atoms with Gasteiger partial charge >= 0.3 is 0 Å². The van der Waals surface area contributed by atoms with Crippen LogP contribution in [0.1, 0.15) is 51.3 Å². The van der Waals surface area contributed by atoms with Gasteiger partial charge in [-0.2, -0.15) is 0 Å². The van der Waals surface area contributed by atoms with Crippen molar-refractivity contribution in [2.45, 2.75) is 45.6 Å². The Morgan fingerprint density at radius 3 is 2.24 bits per heavy atom. The van der Waals surface area contributed by atoms with Crippen molar-refractivity contribution >= 4 is 0 Å². The fourth-order valence-corrected chi connectivity index (χ4v) is 1.83. The van der Waals surface area contributed by atoms with Gasteiger partial charge in [0.2, 0.25) is 0 Å². The van der Waals surface area contributed by atoms with Crippen LogP contribution in [-0.4, -0.2) is 6.54 Å². The lowest BCUT2D eigenvalue weighted by molar-refractivity contribution is 0.587. The van der Waals surface area contributed by atoms with Gasteiger partial charge in [-0.1, -0.05) is 58.0 Å². The second-order valence-electron chi connectivity index (χ2n) is 5.54. The molecule has 1 heteroatoms. The van der Waals surface area contributed by atoms with Crippen LogP contribution in [-0.2, 0) is 5.41 Å². The molecule has 94 valence electrons. The van der Waals surface area contributed by atoms with Crippen LogP contribution in [0.25, 0.3) is 0 Å². The summed E-state index contributed by atoms with van der Waals surface area (Å²) in [4.78, 5) is 0. The third-order valence-corrected chi connectivity index (χ3v) is 2.99. The van der Waals surface area contributed by atoms with E-state index in [0.29, 0.717) is 0 Å². The standard InChI is InChI=1S/C16H25N/c1-6-12-17-15(7-2)13-8-10-14(11-9-13)16(3,4)5/h7-11,15,17H,2,6,12H2,1,3-5H3. The average molecular weight is 231 g/mol. The van der Waals surface area contributed by atoms with E-state index in [1.54, 1.807) is 0 Å². The first-order valence-corrected chi connectivity index (χ1v) is 6.45. The molecule has 1 N–H and O–H groups in total. The maximum absolute atomic E-state index is 3.90. The van der Waals surface area contributed by atoms with E-state index in [9.17, 15) is 0 Å². The molecule has 0 radical (unpaired) electrons. The van der Waals surface area contributed by atoms with Gasteiger partial charge in [0.1, 0.15) is 0 Å². The fraction of sp³-hybridized carbons (Fsp3) is 0.500. The Morgan fingerprint density at radius 1 is 1.24 bits per heavy atom. The molecular weight excluding hydrogens is 206 g/mol.